The molecule has 0 aliphatic rings. The molecule has 0 spiro atoms. The van der Waals surface area contributed by atoms with E-state index in [1.165, 1.54) is 0 Å². The summed E-state index contributed by atoms with van der Waals surface area (Å²) in [6.45, 7) is 0. The molecule has 0 bridgehead atoms. The van der Waals surface area contributed by atoms with E-state index in [2.05, 4.69) is 0 Å². The molecule has 0 atom stereocenters. The van der Waals surface area contributed by atoms with Gasteiger partial charge < -0.3 is 0 Å². The average Bonchev–Trinajstić information content (AvgIpc) is 0. The van der Waals surface area contributed by atoms with Gasteiger partial charge in [0.25, 0.3) is 0 Å². The van der Waals surface area contributed by atoms with Crippen molar-refractivity contribution in [1.82, 2.24) is 0 Å². The number of rotatable bonds is 0. The molecule has 0 saturated carbocycles. The second-order valence-electron chi connectivity index (χ2n) is 0. The molecular weight excluding hydrogens is 151 g/mol. The Morgan fingerprint density at radius 3 is 1.00 bits per heavy atom. The van der Waals surface area contributed by atoms with Crippen molar-refractivity contribution in [2.24, 2.45) is 0 Å². The summed E-state index contributed by atoms with van der Waals surface area (Å²) in [7, 11) is 0. The Morgan fingerprint density at radius 2 is 1.00 bits per heavy atom. The van der Waals surface area contributed by atoms with Crippen molar-refractivity contribution in [3.63, 3.8) is 0 Å². The van der Waals surface area contributed by atoms with Crippen molar-refractivity contribution in [3.8, 4) is 0 Å². The fraction of sp³-hybridized carbons (Fsp3) is 0. The van der Waals surface area contributed by atoms with E-state index in [9.17, 15) is 0 Å². The molecule has 0 saturated heterocycles. The maximum absolute atomic E-state index is 0. The maximum atomic E-state index is 0. The molecule has 4 heavy (non-hydrogen) atoms. The smallest absolute Gasteiger partial charge is 0.0149 e. The first-order chi connectivity index (χ1) is 0. The second-order valence-corrected chi connectivity index (χ2v) is 0. The molecular formula is H6MgSiTiV. The van der Waals surface area contributed by atoms with Gasteiger partial charge in [0.2, 0.25) is 0 Å². The van der Waals surface area contributed by atoms with Crippen LogP contribution in [0.2, 0.25) is 0 Å². The molecule has 0 aliphatic carbocycles. The molecule has 0 fully saturated rings. The minimum Gasteiger partial charge on any atom is -0.0149 e. The van der Waals surface area contributed by atoms with Gasteiger partial charge in [-0.25, -0.2) is 0 Å². The Labute approximate surface area is 73.4 Å². The fourth-order valence-corrected chi connectivity index (χ4v) is 0. The van der Waals surface area contributed by atoms with E-state index in [1.807, 2.05) is 0 Å². The quantitative estimate of drug-likeness (QED) is 0.345. The van der Waals surface area contributed by atoms with Crippen LogP contribution in [-0.2, 0) is 40.3 Å². The van der Waals surface area contributed by atoms with Gasteiger partial charge in [-0.15, -0.1) is 0 Å². The van der Waals surface area contributed by atoms with E-state index in [0.29, 0.717) is 0 Å². The Morgan fingerprint density at radius 1 is 1.00 bits per heavy atom. The van der Waals surface area contributed by atoms with Gasteiger partial charge in [-0.2, -0.15) is 0 Å². The van der Waals surface area contributed by atoms with Crippen LogP contribution in [0.3, 0.4) is 0 Å². The van der Waals surface area contributed by atoms with Crippen LogP contribution in [0.25, 0.3) is 0 Å². The van der Waals surface area contributed by atoms with Crippen LogP contribution >= 0.6 is 0 Å². The molecule has 0 aromatic rings. The monoisotopic (exact) mass is 157 g/mol. The predicted molar refractivity (Wildman–Crippen MR) is 19.9 cm³/mol. The Bertz CT molecular complexity index is 8.00. The molecule has 0 heterocycles. The van der Waals surface area contributed by atoms with Gasteiger partial charge in [0.05, 0.1) is 0 Å². The summed E-state index contributed by atoms with van der Waals surface area (Å²) in [5.41, 5.74) is 0. The third-order valence-electron chi connectivity index (χ3n) is 0. The molecule has 0 nitrogen and oxygen atoms in total. The first-order valence-electron chi connectivity index (χ1n) is 0. The largest absolute Gasteiger partial charge is 0.316 e. The molecule has 0 aromatic carbocycles. The Balaban J connectivity index is 0. The zero-order valence-electron chi connectivity index (χ0n) is 0.947. The van der Waals surface area contributed by atoms with E-state index in [4.69, 9.17) is 0 Å². The van der Waals surface area contributed by atoms with E-state index in [1.54, 1.807) is 0 Å². The van der Waals surface area contributed by atoms with E-state index < -0.39 is 0 Å². The number of hydrogen-bond donors (Lipinski definition) is 0. The first-order valence-corrected chi connectivity index (χ1v) is 0. The third kappa shape index (κ3) is 8.86. The van der Waals surface area contributed by atoms with Crippen molar-refractivity contribution >= 4 is 34.0 Å². The van der Waals surface area contributed by atoms with Crippen LogP contribution in [0.4, 0.5) is 0 Å². The van der Waals surface area contributed by atoms with Crippen LogP contribution in [0.1, 0.15) is 0 Å². The molecule has 0 aliphatic heterocycles. The molecule has 1 radical (unpaired) electrons. The predicted octanol–water partition coefficient (Wildman–Crippen LogP) is -2.37. The van der Waals surface area contributed by atoms with E-state index in [-0.39, 0.29) is 74.3 Å². The van der Waals surface area contributed by atoms with Gasteiger partial charge in [0.1, 0.15) is 0 Å². The summed E-state index contributed by atoms with van der Waals surface area (Å²) >= 11 is 0. The van der Waals surface area contributed by atoms with Crippen molar-refractivity contribution in [2.45, 2.75) is 0 Å². The van der Waals surface area contributed by atoms with Crippen molar-refractivity contribution in [2.75, 3.05) is 0 Å². The van der Waals surface area contributed by atoms with Gasteiger partial charge in [0, 0.05) is 40.3 Å². The Kier molecular flexibility index (Phi) is 156. The van der Waals surface area contributed by atoms with Crippen LogP contribution < -0.4 is 0 Å². The van der Waals surface area contributed by atoms with Crippen molar-refractivity contribution in [1.29, 1.82) is 0 Å². The van der Waals surface area contributed by atoms with Crippen LogP contribution in [0, 0.1) is 0 Å². The van der Waals surface area contributed by atoms with Gasteiger partial charge >= 0.3 is 23.1 Å². The van der Waals surface area contributed by atoms with Gasteiger partial charge in [-0.1, -0.05) is 0 Å². The zero-order chi connectivity index (χ0) is 0. The molecule has 4 heteroatoms. The Hall–Kier alpha value is 2.28. The molecule has 0 aromatic heterocycles. The van der Waals surface area contributed by atoms with E-state index in [0.717, 1.165) is 0 Å². The fourth-order valence-electron chi connectivity index (χ4n) is 0. The third-order valence-corrected chi connectivity index (χ3v) is 0. The summed E-state index contributed by atoms with van der Waals surface area (Å²) in [4.78, 5) is 0. The van der Waals surface area contributed by atoms with Crippen LogP contribution in [-0.4, -0.2) is 34.0 Å². The summed E-state index contributed by atoms with van der Waals surface area (Å²) in [6.07, 6.45) is 0. The zero-order valence-corrected chi connectivity index (χ0v) is 3.91. The summed E-state index contributed by atoms with van der Waals surface area (Å²) in [5.74, 6) is 0. The molecule has 0 rings (SSSR count). The standard InChI is InChI=1S/Mg.H4Si.Ti.V.2H/h;1H4;;;;. The molecule has 0 unspecified atom stereocenters. The normalized spacial score (nSPS) is 0. The summed E-state index contributed by atoms with van der Waals surface area (Å²) in [5, 5.41) is 0. The topological polar surface area (TPSA) is 0 Å². The maximum Gasteiger partial charge on any atom is 0.316 e. The summed E-state index contributed by atoms with van der Waals surface area (Å²) in [6, 6.07) is 0. The minimum atomic E-state index is 0. The number of hydrogen-bond acceptors (Lipinski definition) is 0. The van der Waals surface area contributed by atoms with E-state index >= 15 is 0 Å². The van der Waals surface area contributed by atoms with Gasteiger partial charge in [-0.3, -0.25) is 0 Å². The molecule has 0 N–H and O–H groups in total. The summed E-state index contributed by atoms with van der Waals surface area (Å²) < 4.78 is 0. The van der Waals surface area contributed by atoms with Gasteiger partial charge in [-0.05, 0) is 11.0 Å². The SMILES string of the molecule is [MgH2].[SiH4].[Ti].[V]. The van der Waals surface area contributed by atoms with Crippen molar-refractivity contribution < 1.29 is 40.3 Å². The minimum absolute atomic E-state index is 0. The van der Waals surface area contributed by atoms with Crippen LogP contribution in [0.15, 0.2) is 0 Å². The van der Waals surface area contributed by atoms with Crippen molar-refractivity contribution in [3.05, 3.63) is 0 Å². The molecule has 21 valence electrons. The average molecular weight is 157 g/mol. The second kappa shape index (κ2) is 18.6. The molecule has 0 amide bonds. The van der Waals surface area contributed by atoms with Crippen LogP contribution in [0.5, 0.6) is 0 Å². The van der Waals surface area contributed by atoms with Gasteiger partial charge in [0.15, 0.2) is 0 Å². The first kappa shape index (κ1) is 33.7.